The first-order chi connectivity index (χ1) is 15.0. The highest BCUT2D eigenvalue weighted by Crippen LogP contribution is 2.27. The normalized spacial score (nSPS) is 13.3. The minimum absolute atomic E-state index is 0.143. The zero-order chi connectivity index (χ0) is 21.8. The Labute approximate surface area is 184 Å². The first-order valence-corrected chi connectivity index (χ1v) is 10.2. The van der Waals surface area contributed by atoms with Gasteiger partial charge in [-0.1, -0.05) is 23.7 Å². The number of amides is 3. The predicted octanol–water partition coefficient (Wildman–Crippen LogP) is 4.56. The van der Waals surface area contributed by atoms with Crippen LogP contribution in [0.4, 0.5) is 11.4 Å². The summed E-state index contributed by atoms with van der Waals surface area (Å²) in [5.41, 5.74) is 2.17. The van der Waals surface area contributed by atoms with Crippen molar-refractivity contribution in [2.24, 2.45) is 0 Å². The number of carbonyl (C=O) groups is 3. The van der Waals surface area contributed by atoms with Crippen LogP contribution in [0.15, 0.2) is 65.3 Å². The predicted molar refractivity (Wildman–Crippen MR) is 117 cm³/mol. The number of nitrogens with one attached hydrogen (secondary N) is 2. The van der Waals surface area contributed by atoms with E-state index in [9.17, 15) is 14.4 Å². The third-order valence-corrected chi connectivity index (χ3v) is 5.22. The van der Waals surface area contributed by atoms with Crippen molar-refractivity contribution in [3.05, 3.63) is 82.8 Å². The van der Waals surface area contributed by atoms with Crippen molar-refractivity contribution in [3.8, 4) is 0 Å². The van der Waals surface area contributed by atoms with E-state index in [-0.39, 0.29) is 17.6 Å². The minimum atomic E-state index is -0.455. The zero-order valence-electron chi connectivity index (χ0n) is 16.6. The molecule has 1 aromatic heterocycles. The van der Waals surface area contributed by atoms with Gasteiger partial charge in [0.1, 0.15) is 0 Å². The van der Waals surface area contributed by atoms with Crippen LogP contribution in [0, 0.1) is 0 Å². The van der Waals surface area contributed by atoms with Crippen LogP contribution < -0.4 is 10.6 Å². The summed E-state index contributed by atoms with van der Waals surface area (Å²) in [7, 11) is 0. The van der Waals surface area contributed by atoms with Crippen LogP contribution in [0.25, 0.3) is 0 Å². The van der Waals surface area contributed by atoms with Gasteiger partial charge in [-0.15, -0.1) is 0 Å². The van der Waals surface area contributed by atoms with Gasteiger partial charge in [-0.25, -0.2) is 0 Å². The Hall–Kier alpha value is -3.58. The summed E-state index contributed by atoms with van der Waals surface area (Å²) in [5.74, 6) is -0.485. The van der Waals surface area contributed by atoms with E-state index < -0.39 is 5.91 Å². The second kappa shape index (κ2) is 9.06. The zero-order valence-corrected chi connectivity index (χ0v) is 17.3. The molecule has 0 spiro atoms. The SMILES string of the molecule is O=C(Nc1ccc(Cl)cc1NC(=O)c1ccco1)c1ccc(CN2CCCC2=O)cc1. The van der Waals surface area contributed by atoms with E-state index in [0.717, 1.165) is 18.5 Å². The molecule has 0 bridgehead atoms. The Morgan fingerprint density at radius 2 is 1.77 bits per heavy atom. The molecule has 0 saturated carbocycles. The molecule has 158 valence electrons. The van der Waals surface area contributed by atoms with Crippen molar-refractivity contribution in [2.45, 2.75) is 19.4 Å². The number of rotatable bonds is 6. The van der Waals surface area contributed by atoms with E-state index in [0.29, 0.717) is 34.9 Å². The molecular formula is C23H20ClN3O4. The fraction of sp³-hybridized carbons (Fsp3) is 0.174. The van der Waals surface area contributed by atoms with Gasteiger partial charge in [-0.05, 0) is 54.4 Å². The van der Waals surface area contributed by atoms with E-state index in [1.807, 2.05) is 17.0 Å². The van der Waals surface area contributed by atoms with Crippen LogP contribution in [0.1, 0.15) is 39.3 Å². The second-order valence-corrected chi connectivity index (χ2v) is 7.63. The van der Waals surface area contributed by atoms with Crippen molar-refractivity contribution in [2.75, 3.05) is 17.2 Å². The lowest BCUT2D eigenvalue weighted by Crippen LogP contribution is -2.23. The molecule has 2 N–H and O–H groups in total. The number of furan rings is 1. The molecule has 0 radical (unpaired) electrons. The average Bonchev–Trinajstić information content (AvgIpc) is 3.43. The molecule has 0 unspecified atom stereocenters. The monoisotopic (exact) mass is 437 g/mol. The molecule has 3 amide bonds. The fourth-order valence-corrected chi connectivity index (χ4v) is 3.54. The number of nitrogens with zero attached hydrogens (tertiary/aromatic N) is 1. The van der Waals surface area contributed by atoms with E-state index in [4.69, 9.17) is 16.0 Å². The molecule has 1 saturated heterocycles. The van der Waals surface area contributed by atoms with Gasteiger partial charge in [0.05, 0.1) is 17.6 Å². The van der Waals surface area contributed by atoms with Crippen molar-refractivity contribution < 1.29 is 18.8 Å². The van der Waals surface area contributed by atoms with E-state index >= 15 is 0 Å². The van der Waals surface area contributed by atoms with Gasteiger partial charge in [-0.3, -0.25) is 14.4 Å². The number of carbonyl (C=O) groups excluding carboxylic acids is 3. The lowest BCUT2D eigenvalue weighted by atomic mass is 10.1. The molecule has 1 aliphatic heterocycles. The molecule has 0 aliphatic carbocycles. The van der Waals surface area contributed by atoms with Gasteiger partial charge >= 0.3 is 0 Å². The van der Waals surface area contributed by atoms with Crippen molar-refractivity contribution in [3.63, 3.8) is 0 Å². The molecule has 7 nitrogen and oxygen atoms in total. The smallest absolute Gasteiger partial charge is 0.291 e. The molecule has 8 heteroatoms. The number of anilines is 2. The number of hydrogen-bond acceptors (Lipinski definition) is 4. The lowest BCUT2D eigenvalue weighted by molar-refractivity contribution is -0.128. The van der Waals surface area contributed by atoms with Gasteiger partial charge < -0.3 is 20.0 Å². The molecule has 1 fully saturated rings. The standard InChI is InChI=1S/C23H20ClN3O4/c24-17-9-10-18(19(13-17)26-23(30)20-3-2-12-31-20)25-22(29)16-7-5-15(6-8-16)14-27-11-1-4-21(27)28/h2-3,5-10,12-13H,1,4,11,14H2,(H,25,29)(H,26,30). The maximum Gasteiger partial charge on any atom is 0.291 e. The molecule has 1 aliphatic rings. The summed E-state index contributed by atoms with van der Waals surface area (Å²) in [6.07, 6.45) is 2.89. The molecular weight excluding hydrogens is 418 g/mol. The summed E-state index contributed by atoms with van der Waals surface area (Å²) in [6, 6.07) is 15.0. The van der Waals surface area contributed by atoms with Crippen LogP contribution in [0.3, 0.4) is 0 Å². The molecule has 0 atom stereocenters. The van der Waals surface area contributed by atoms with Gasteiger partial charge in [0.25, 0.3) is 11.8 Å². The highest BCUT2D eigenvalue weighted by molar-refractivity contribution is 6.31. The number of halogens is 1. The highest BCUT2D eigenvalue weighted by atomic mass is 35.5. The van der Waals surface area contributed by atoms with Gasteiger partial charge in [0.15, 0.2) is 5.76 Å². The third-order valence-electron chi connectivity index (χ3n) is 4.98. The van der Waals surface area contributed by atoms with Crippen LogP contribution in [-0.2, 0) is 11.3 Å². The van der Waals surface area contributed by atoms with E-state index in [1.165, 1.54) is 12.3 Å². The number of likely N-dealkylation sites (tertiary alicyclic amines) is 1. The quantitative estimate of drug-likeness (QED) is 0.591. The summed E-state index contributed by atoms with van der Waals surface area (Å²) in [6.45, 7) is 1.31. The minimum Gasteiger partial charge on any atom is -0.459 e. The number of hydrogen-bond donors (Lipinski definition) is 2. The van der Waals surface area contributed by atoms with Crippen molar-refractivity contribution in [1.82, 2.24) is 4.90 Å². The van der Waals surface area contributed by atoms with Gasteiger partial charge in [0.2, 0.25) is 5.91 Å². The van der Waals surface area contributed by atoms with E-state index in [2.05, 4.69) is 10.6 Å². The number of benzene rings is 2. The van der Waals surface area contributed by atoms with Gasteiger partial charge in [-0.2, -0.15) is 0 Å². The molecule has 2 heterocycles. The van der Waals surface area contributed by atoms with Gasteiger partial charge in [0, 0.05) is 30.1 Å². The Morgan fingerprint density at radius 3 is 2.45 bits per heavy atom. The second-order valence-electron chi connectivity index (χ2n) is 7.19. The Morgan fingerprint density at radius 1 is 1.00 bits per heavy atom. The Kier molecular flexibility index (Phi) is 6.04. The molecule has 31 heavy (non-hydrogen) atoms. The maximum atomic E-state index is 12.7. The third kappa shape index (κ3) is 4.95. The Balaban J connectivity index is 1.45. The largest absolute Gasteiger partial charge is 0.459 e. The maximum absolute atomic E-state index is 12.7. The fourth-order valence-electron chi connectivity index (χ4n) is 3.37. The molecule has 2 aromatic carbocycles. The molecule has 4 rings (SSSR count). The average molecular weight is 438 g/mol. The van der Waals surface area contributed by atoms with Crippen LogP contribution in [0.2, 0.25) is 5.02 Å². The Bertz CT molecular complexity index is 1110. The first-order valence-electron chi connectivity index (χ1n) is 9.82. The van der Waals surface area contributed by atoms with Crippen molar-refractivity contribution in [1.29, 1.82) is 0 Å². The topological polar surface area (TPSA) is 91.7 Å². The first kappa shape index (κ1) is 20.7. The highest BCUT2D eigenvalue weighted by Gasteiger charge is 2.20. The van der Waals surface area contributed by atoms with Crippen LogP contribution >= 0.6 is 11.6 Å². The lowest BCUT2D eigenvalue weighted by Gasteiger charge is -2.16. The van der Waals surface area contributed by atoms with Crippen molar-refractivity contribution >= 4 is 40.7 Å². The van der Waals surface area contributed by atoms with E-state index in [1.54, 1.807) is 36.4 Å². The molecule has 3 aromatic rings. The summed E-state index contributed by atoms with van der Waals surface area (Å²) in [5, 5.41) is 5.90. The van der Waals surface area contributed by atoms with Crippen LogP contribution in [-0.4, -0.2) is 29.2 Å². The summed E-state index contributed by atoms with van der Waals surface area (Å²) in [4.78, 5) is 38.6. The van der Waals surface area contributed by atoms with Crippen LogP contribution in [0.5, 0.6) is 0 Å². The summed E-state index contributed by atoms with van der Waals surface area (Å²) < 4.78 is 5.10. The summed E-state index contributed by atoms with van der Waals surface area (Å²) >= 11 is 6.06.